The van der Waals surface area contributed by atoms with Crippen molar-refractivity contribution in [1.82, 2.24) is 4.90 Å². The Morgan fingerprint density at radius 2 is 1.40 bits per heavy atom. The molecule has 0 aliphatic rings. The smallest absolute Gasteiger partial charge is 0.320 e. The summed E-state index contributed by atoms with van der Waals surface area (Å²) in [6.07, 6.45) is 9.35. The molecule has 0 fully saturated rings. The predicted molar refractivity (Wildman–Crippen MR) is 79.8 cm³/mol. The molecule has 0 radical (unpaired) electrons. The minimum Gasteiger partial charge on any atom is -0.480 e. The lowest BCUT2D eigenvalue weighted by Gasteiger charge is -2.23. The van der Waals surface area contributed by atoms with E-state index in [1.807, 2.05) is 0 Å². The summed E-state index contributed by atoms with van der Waals surface area (Å²) in [6, 6.07) is -0.480. The van der Waals surface area contributed by atoms with Crippen LogP contribution in [0.4, 0.5) is 0 Å². The Morgan fingerprint density at radius 3 is 1.85 bits per heavy atom. The highest BCUT2D eigenvalue weighted by atomic mass is 16.4. The lowest BCUT2D eigenvalue weighted by molar-refractivity contribution is -0.143. The summed E-state index contributed by atoms with van der Waals surface area (Å²) in [6.45, 7) is 0.688. The van der Waals surface area contributed by atoms with Crippen LogP contribution in [-0.4, -0.2) is 59.0 Å². The number of rotatable bonds is 14. The van der Waals surface area contributed by atoms with Gasteiger partial charge in [-0.25, -0.2) is 0 Å². The number of carboxylic acid groups (broad SMARTS) is 1. The molecule has 0 bridgehead atoms. The van der Waals surface area contributed by atoms with Crippen LogP contribution < -0.4 is 0 Å². The third kappa shape index (κ3) is 10.2. The fourth-order valence-corrected chi connectivity index (χ4v) is 2.36. The fraction of sp³-hybridized carbons (Fsp3) is 0.933. The number of carbonyl (C=O) groups is 1. The van der Waals surface area contributed by atoms with Gasteiger partial charge in [-0.15, -0.1) is 0 Å². The zero-order chi connectivity index (χ0) is 15.2. The highest BCUT2D eigenvalue weighted by Crippen LogP contribution is 2.12. The van der Waals surface area contributed by atoms with Crippen molar-refractivity contribution in [3.8, 4) is 0 Å². The summed E-state index contributed by atoms with van der Waals surface area (Å²) < 4.78 is 0. The lowest BCUT2D eigenvalue weighted by Crippen LogP contribution is -2.39. The van der Waals surface area contributed by atoms with Gasteiger partial charge < -0.3 is 15.3 Å². The maximum Gasteiger partial charge on any atom is 0.320 e. The maximum absolute atomic E-state index is 11.1. The van der Waals surface area contributed by atoms with Gasteiger partial charge in [-0.3, -0.25) is 9.69 Å². The minimum absolute atomic E-state index is 0.00583. The second kappa shape index (κ2) is 13.3. The molecule has 5 nitrogen and oxygen atoms in total. The topological polar surface area (TPSA) is 81.0 Å². The second-order valence-corrected chi connectivity index (χ2v) is 5.40. The van der Waals surface area contributed by atoms with Gasteiger partial charge in [-0.2, -0.15) is 0 Å². The Bertz CT molecular complexity index is 236. The lowest BCUT2D eigenvalue weighted by atomic mass is 10.0. The molecule has 0 aromatic carbocycles. The molecule has 0 aromatic rings. The summed E-state index contributed by atoms with van der Waals surface area (Å²) in [7, 11) is 1.75. The molecular formula is C15H31NO4. The Labute approximate surface area is 122 Å². The van der Waals surface area contributed by atoms with E-state index in [9.17, 15) is 4.79 Å². The Morgan fingerprint density at radius 1 is 0.900 bits per heavy atom. The van der Waals surface area contributed by atoms with Crippen molar-refractivity contribution < 1.29 is 20.1 Å². The maximum atomic E-state index is 11.1. The Balaban J connectivity index is 3.57. The molecule has 0 amide bonds. The second-order valence-electron chi connectivity index (χ2n) is 5.40. The normalized spacial score (nSPS) is 12.8. The number of aliphatic hydroxyl groups excluding tert-OH is 2. The molecule has 0 aliphatic heterocycles. The van der Waals surface area contributed by atoms with Gasteiger partial charge in [0.05, 0.1) is 6.61 Å². The van der Waals surface area contributed by atoms with E-state index in [0.29, 0.717) is 13.0 Å². The van der Waals surface area contributed by atoms with E-state index >= 15 is 0 Å². The van der Waals surface area contributed by atoms with Crippen molar-refractivity contribution in [2.24, 2.45) is 0 Å². The molecule has 3 N–H and O–H groups in total. The molecule has 0 spiro atoms. The standard InChI is InChI=1S/C15H31NO4/c1-16(11-13-18)14(15(19)20)10-8-6-4-2-3-5-7-9-12-17/h14,17-18H,2-13H2,1H3,(H,19,20). The molecule has 120 valence electrons. The number of nitrogens with zero attached hydrogens (tertiary/aromatic N) is 1. The third-order valence-electron chi connectivity index (χ3n) is 3.66. The highest BCUT2D eigenvalue weighted by molar-refractivity contribution is 5.73. The van der Waals surface area contributed by atoms with Gasteiger partial charge >= 0.3 is 5.97 Å². The van der Waals surface area contributed by atoms with Crippen LogP contribution in [0.25, 0.3) is 0 Å². The first-order valence-corrected chi connectivity index (χ1v) is 7.78. The van der Waals surface area contributed by atoms with E-state index in [1.165, 1.54) is 19.3 Å². The van der Waals surface area contributed by atoms with Gasteiger partial charge in [0.25, 0.3) is 0 Å². The Hall–Kier alpha value is -0.650. The molecule has 0 saturated heterocycles. The average Bonchev–Trinajstić information content (AvgIpc) is 2.40. The number of hydrogen-bond acceptors (Lipinski definition) is 4. The summed E-state index contributed by atoms with van der Waals surface area (Å²) in [5.41, 5.74) is 0. The molecule has 0 saturated carbocycles. The van der Waals surface area contributed by atoms with Gasteiger partial charge in [0.15, 0.2) is 0 Å². The first-order chi connectivity index (χ1) is 9.63. The number of unbranched alkanes of at least 4 members (excludes halogenated alkanes) is 7. The quantitative estimate of drug-likeness (QED) is 0.425. The monoisotopic (exact) mass is 289 g/mol. The van der Waals surface area contributed by atoms with Crippen molar-refractivity contribution in [2.75, 3.05) is 26.8 Å². The van der Waals surface area contributed by atoms with Crippen LogP contribution in [0.2, 0.25) is 0 Å². The van der Waals surface area contributed by atoms with Gasteiger partial charge in [-0.05, 0) is 19.9 Å². The van der Waals surface area contributed by atoms with E-state index in [0.717, 1.165) is 32.1 Å². The average molecular weight is 289 g/mol. The zero-order valence-corrected chi connectivity index (χ0v) is 12.8. The summed E-state index contributed by atoms with van der Waals surface area (Å²) in [4.78, 5) is 12.8. The number of hydrogen-bond donors (Lipinski definition) is 3. The molecule has 0 aromatic heterocycles. The van der Waals surface area contributed by atoms with Crippen LogP contribution in [-0.2, 0) is 4.79 Å². The molecule has 5 heteroatoms. The van der Waals surface area contributed by atoms with Crippen LogP contribution in [0.15, 0.2) is 0 Å². The van der Waals surface area contributed by atoms with E-state index < -0.39 is 12.0 Å². The molecule has 0 aliphatic carbocycles. The van der Waals surface area contributed by atoms with Crippen LogP contribution in [0.3, 0.4) is 0 Å². The first kappa shape index (κ1) is 19.4. The number of carboxylic acids is 1. The van der Waals surface area contributed by atoms with Crippen LogP contribution in [0.1, 0.15) is 57.8 Å². The van der Waals surface area contributed by atoms with Gasteiger partial charge in [0.1, 0.15) is 6.04 Å². The number of aliphatic hydroxyl groups is 2. The van der Waals surface area contributed by atoms with E-state index in [-0.39, 0.29) is 13.2 Å². The number of aliphatic carboxylic acids is 1. The minimum atomic E-state index is -0.801. The van der Waals surface area contributed by atoms with Crippen LogP contribution in [0, 0.1) is 0 Å². The van der Waals surface area contributed by atoms with Gasteiger partial charge in [0.2, 0.25) is 0 Å². The molecule has 1 unspecified atom stereocenters. The van der Waals surface area contributed by atoms with E-state index in [1.54, 1.807) is 11.9 Å². The summed E-state index contributed by atoms with van der Waals surface area (Å²) >= 11 is 0. The largest absolute Gasteiger partial charge is 0.480 e. The zero-order valence-electron chi connectivity index (χ0n) is 12.8. The third-order valence-corrected chi connectivity index (χ3v) is 3.66. The molecule has 1 atom stereocenters. The number of likely N-dealkylation sites (N-methyl/N-ethyl adjacent to an activating group) is 1. The van der Waals surface area contributed by atoms with Gasteiger partial charge in [-0.1, -0.05) is 44.9 Å². The van der Waals surface area contributed by atoms with E-state index in [2.05, 4.69) is 0 Å². The molecular weight excluding hydrogens is 258 g/mol. The van der Waals surface area contributed by atoms with Crippen molar-refractivity contribution >= 4 is 5.97 Å². The van der Waals surface area contributed by atoms with Crippen LogP contribution >= 0.6 is 0 Å². The SMILES string of the molecule is CN(CCO)C(CCCCCCCCCCO)C(=O)O. The summed E-state index contributed by atoms with van der Waals surface area (Å²) in [5.74, 6) is -0.801. The highest BCUT2D eigenvalue weighted by Gasteiger charge is 2.21. The van der Waals surface area contributed by atoms with Crippen molar-refractivity contribution in [3.63, 3.8) is 0 Å². The molecule has 20 heavy (non-hydrogen) atoms. The van der Waals surface area contributed by atoms with Crippen LogP contribution in [0.5, 0.6) is 0 Å². The summed E-state index contributed by atoms with van der Waals surface area (Å²) in [5, 5.41) is 26.6. The van der Waals surface area contributed by atoms with Crippen molar-refractivity contribution in [2.45, 2.75) is 63.8 Å². The molecule has 0 heterocycles. The first-order valence-electron chi connectivity index (χ1n) is 7.78. The predicted octanol–water partition coefficient (Wildman–Crippen LogP) is 1.87. The van der Waals surface area contributed by atoms with Crippen molar-refractivity contribution in [3.05, 3.63) is 0 Å². The van der Waals surface area contributed by atoms with Gasteiger partial charge in [0, 0.05) is 13.2 Å². The van der Waals surface area contributed by atoms with E-state index in [4.69, 9.17) is 15.3 Å². The fourth-order valence-electron chi connectivity index (χ4n) is 2.36. The Kier molecular flexibility index (Phi) is 12.9. The molecule has 0 rings (SSSR count). The van der Waals surface area contributed by atoms with Crippen molar-refractivity contribution in [1.29, 1.82) is 0 Å².